The Hall–Kier alpha value is -4.31. The summed E-state index contributed by atoms with van der Waals surface area (Å²) in [5, 5.41) is 13.9. The van der Waals surface area contributed by atoms with E-state index in [0.717, 1.165) is 36.6 Å². The Balaban J connectivity index is 1.19. The number of fused-ring (bicyclic) bond motifs is 1. The lowest BCUT2D eigenvalue weighted by atomic mass is 9.89. The van der Waals surface area contributed by atoms with Gasteiger partial charge in [0.05, 0.1) is 16.6 Å². The van der Waals surface area contributed by atoms with Gasteiger partial charge in [0.25, 0.3) is 17.5 Å². The van der Waals surface area contributed by atoms with E-state index in [1.807, 2.05) is 12.1 Å². The number of nitro benzene ring substituents is 1. The number of carbonyl (C=O) groups excluding carboxylic acids is 2. The van der Waals surface area contributed by atoms with Crippen molar-refractivity contribution in [1.82, 2.24) is 14.3 Å². The zero-order chi connectivity index (χ0) is 26.1. The molecular weight excluding hydrogens is 501 g/mol. The first kappa shape index (κ1) is 24.4. The third-order valence-electron chi connectivity index (χ3n) is 6.49. The van der Waals surface area contributed by atoms with Gasteiger partial charge in [-0.25, -0.2) is 9.37 Å². The topological polar surface area (TPSA) is 110 Å². The predicted molar refractivity (Wildman–Crippen MR) is 136 cm³/mol. The number of halogens is 2. The van der Waals surface area contributed by atoms with Gasteiger partial charge in [0.15, 0.2) is 0 Å². The normalized spacial score (nSPS) is 14.1. The molecule has 0 radical (unpaired) electrons. The average Bonchev–Trinajstić information content (AvgIpc) is 3.34. The van der Waals surface area contributed by atoms with Gasteiger partial charge in [-0.3, -0.25) is 24.1 Å². The summed E-state index contributed by atoms with van der Waals surface area (Å²) in [4.78, 5) is 41.6. The van der Waals surface area contributed by atoms with Crippen LogP contribution in [0.25, 0.3) is 5.65 Å². The first-order valence-corrected chi connectivity index (χ1v) is 12.0. The SMILES string of the molecule is O=C(Nc1ccc(C2CCN(C(=O)c3cn4c(Cl)cccc4n3)CC2)cc1)c1ccc([N+](=O)[O-])cc1F. The van der Waals surface area contributed by atoms with E-state index in [1.165, 1.54) is 0 Å². The Labute approximate surface area is 215 Å². The molecule has 1 aliphatic rings. The smallest absolute Gasteiger partial charge is 0.274 e. The molecule has 0 bridgehead atoms. The zero-order valence-corrected chi connectivity index (χ0v) is 20.2. The van der Waals surface area contributed by atoms with Gasteiger partial charge in [0.2, 0.25) is 0 Å². The second kappa shape index (κ2) is 9.98. The van der Waals surface area contributed by atoms with E-state index in [4.69, 9.17) is 11.6 Å². The molecule has 1 fully saturated rings. The Morgan fingerprint density at radius 1 is 1.08 bits per heavy atom. The number of anilines is 1. The largest absolute Gasteiger partial charge is 0.337 e. The number of non-ortho nitro benzene ring substituents is 1. The van der Waals surface area contributed by atoms with Crippen LogP contribution < -0.4 is 5.32 Å². The number of amides is 2. The average molecular weight is 522 g/mol. The first-order chi connectivity index (χ1) is 17.8. The van der Waals surface area contributed by atoms with Gasteiger partial charge in [-0.15, -0.1) is 0 Å². The highest BCUT2D eigenvalue weighted by Crippen LogP contribution is 2.30. The van der Waals surface area contributed by atoms with E-state index >= 15 is 0 Å². The monoisotopic (exact) mass is 521 g/mol. The summed E-state index contributed by atoms with van der Waals surface area (Å²) in [7, 11) is 0. The number of aromatic nitrogens is 2. The highest BCUT2D eigenvalue weighted by atomic mass is 35.5. The Morgan fingerprint density at radius 3 is 2.46 bits per heavy atom. The van der Waals surface area contributed by atoms with E-state index in [2.05, 4.69) is 10.3 Å². The summed E-state index contributed by atoms with van der Waals surface area (Å²) >= 11 is 6.18. The number of carbonyl (C=O) groups is 2. The third-order valence-corrected chi connectivity index (χ3v) is 6.80. The fourth-order valence-electron chi connectivity index (χ4n) is 4.50. The maximum atomic E-state index is 14.1. The number of nitrogens with one attached hydrogen (secondary N) is 1. The molecule has 2 aromatic carbocycles. The minimum Gasteiger partial charge on any atom is -0.337 e. The molecule has 1 saturated heterocycles. The summed E-state index contributed by atoms with van der Waals surface area (Å²) in [5.41, 5.74) is 1.83. The molecule has 3 heterocycles. The summed E-state index contributed by atoms with van der Waals surface area (Å²) in [5.74, 6) is -1.54. The number of hydrogen-bond acceptors (Lipinski definition) is 5. The maximum absolute atomic E-state index is 14.1. The van der Waals surface area contributed by atoms with Crippen LogP contribution in [0.15, 0.2) is 66.9 Å². The minimum absolute atomic E-state index is 0.130. The summed E-state index contributed by atoms with van der Waals surface area (Å²) < 4.78 is 15.8. The maximum Gasteiger partial charge on any atom is 0.274 e. The number of piperidine rings is 1. The fraction of sp³-hybridized carbons (Fsp3) is 0.192. The zero-order valence-electron chi connectivity index (χ0n) is 19.4. The van der Waals surface area contributed by atoms with Crippen LogP contribution in [-0.2, 0) is 0 Å². The van der Waals surface area contributed by atoms with E-state index in [9.17, 15) is 24.1 Å². The van der Waals surface area contributed by atoms with Crippen molar-refractivity contribution in [2.24, 2.45) is 0 Å². The molecule has 0 aliphatic carbocycles. The second-order valence-corrected chi connectivity index (χ2v) is 9.15. The van der Waals surface area contributed by atoms with Gasteiger partial charge >= 0.3 is 0 Å². The lowest BCUT2D eigenvalue weighted by molar-refractivity contribution is -0.385. The molecule has 1 N–H and O–H groups in total. The van der Waals surface area contributed by atoms with Crippen LogP contribution in [0.5, 0.6) is 0 Å². The van der Waals surface area contributed by atoms with Crippen molar-refractivity contribution in [3.8, 4) is 0 Å². The van der Waals surface area contributed by atoms with Crippen LogP contribution in [0.4, 0.5) is 15.8 Å². The van der Waals surface area contributed by atoms with Gasteiger partial charge in [-0.05, 0) is 54.7 Å². The van der Waals surface area contributed by atoms with Gasteiger partial charge in [0.1, 0.15) is 22.3 Å². The molecule has 0 saturated carbocycles. The molecule has 1 aliphatic heterocycles. The molecule has 188 valence electrons. The van der Waals surface area contributed by atoms with Gasteiger partial charge in [0, 0.05) is 31.0 Å². The molecule has 9 nitrogen and oxygen atoms in total. The number of nitro groups is 1. The third kappa shape index (κ3) is 5.01. The standard InChI is InChI=1S/C26H21ClFN5O4/c27-23-2-1-3-24-30-22(15-32(23)24)26(35)31-12-10-17(11-13-31)16-4-6-18(7-5-16)29-25(34)20-9-8-19(33(36)37)14-21(20)28/h1-9,14-15,17H,10-13H2,(H,29,34). The first-order valence-electron chi connectivity index (χ1n) is 11.6. The Morgan fingerprint density at radius 2 is 1.81 bits per heavy atom. The van der Waals surface area contributed by atoms with Crippen molar-refractivity contribution in [3.05, 3.63) is 105 Å². The molecule has 37 heavy (non-hydrogen) atoms. The molecule has 5 rings (SSSR count). The summed E-state index contributed by atoms with van der Waals surface area (Å²) in [6.07, 6.45) is 3.21. The van der Waals surface area contributed by atoms with Crippen LogP contribution in [0.1, 0.15) is 45.2 Å². The van der Waals surface area contributed by atoms with Crippen LogP contribution >= 0.6 is 11.6 Å². The molecule has 0 unspecified atom stereocenters. The van der Waals surface area contributed by atoms with Crippen molar-refractivity contribution < 1.29 is 18.9 Å². The summed E-state index contributed by atoms with van der Waals surface area (Å²) in [6, 6.07) is 15.5. The number of imidazole rings is 1. The highest BCUT2D eigenvalue weighted by Gasteiger charge is 2.26. The number of hydrogen-bond donors (Lipinski definition) is 1. The van der Waals surface area contributed by atoms with Crippen LogP contribution in [0.3, 0.4) is 0 Å². The minimum atomic E-state index is -0.962. The Bertz CT molecular complexity index is 1510. The number of rotatable bonds is 5. The van der Waals surface area contributed by atoms with Crippen molar-refractivity contribution in [2.45, 2.75) is 18.8 Å². The molecule has 2 amide bonds. The molecule has 11 heteroatoms. The van der Waals surface area contributed by atoms with Crippen LogP contribution in [0.2, 0.25) is 5.15 Å². The van der Waals surface area contributed by atoms with Gasteiger partial charge in [-0.1, -0.05) is 29.8 Å². The lowest BCUT2D eigenvalue weighted by Crippen LogP contribution is -2.38. The van der Waals surface area contributed by atoms with E-state index < -0.39 is 22.3 Å². The molecule has 2 aromatic heterocycles. The van der Waals surface area contributed by atoms with Crippen molar-refractivity contribution in [3.63, 3.8) is 0 Å². The van der Waals surface area contributed by atoms with E-state index in [-0.39, 0.29) is 17.4 Å². The van der Waals surface area contributed by atoms with Crippen molar-refractivity contribution in [1.29, 1.82) is 0 Å². The number of pyridine rings is 1. The second-order valence-electron chi connectivity index (χ2n) is 8.77. The molecular formula is C26H21ClFN5O4. The van der Waals surface area contributed by atoms with E-state index in [0.29, 0.717) is 35.3 Å². The van der Waals surface area contributed by atoms with Gasteiger partial charge < -0.3 is 10.2 Å². The highest BCUT2D eigenvalue weighted by molar-refractivity contribution is 6.29. The van der Waals surface area contributed by atoms with Crippen molar-refractivity contribution >= 4 is 40.4 Å². The Kier molecular flexibility index (Phi) is 6.58. The molecule has 0 atom stereocenters. The van der Waals surface area contributed by atoms with E-state index in [1.54, 1.807) is 45.8 Å². The van der Waals surface area contributed by atoms with Gasteiger partial charge in [-0.2, -0.15) is 0 Å². The molecule has 0 spiro atoms. The summed E-state index contributed by atoms with van der Waals surface area (Å²) in [6.45, 7) is 1.17. The molecule has 4 aromatic rings. The number of benzene rings is 2. The lowest BCUT2D eigenvalue weighted by Gasteiger charge is -2.32. The van der Waals surface area contributed by atoms with Crippen molar-refractivity contribution in [2.75, 3.05) is 18.4 Å². The predicted octanol–water partition coefficient (Wildman–Crippen LogP) is 5.31. The fourth-order valence-corrected chi connectivity index (χ4v) is 4.70. The number of nitrogens with zero attached hydrogens (tertiary/aromatic N) is 4. The number of likely N-dealkylation sites (tertiary alicyclic amines) is 1. The quantitative estimate of drug-likeness (QED) is 0.217. The van der Waals surface area contributed by atoms with Crippen LogP contribution in [-0.4, -0.2) is 44.1 Å². The van der Waals surface area contributed by atoms with Crippen LogP contribution in [0, 0.1) is 15.9 Å².